The van der Waals surface area contributed by atoms with Gasteiger partial charge in [0.25, 0.3) is 0 Å². The van der Waals surface area contributed by atoms with Crippen molar-refractivity contribution in [1.82, 2.24) is 19.8 Å². The van der Waals surface area contributed by atoms with Crippen LogP contribution in [0.15, 0.2) is 54.6 Å². The molecule has 2 aromatic heterocycles. The normalized spacial score (nSPS) is 18.3. The van der Waals surface area contributed by atoms with Gasteiger partial charge in [0, 0.05) is 36.7 Å². The Bertz CT molecular complexity index is 1650. The second-order valence-corrected chi connectivity index (χ2v) is 13.8. The maximum Gasteiger partial charge on any atom is 0.435 e. The van der Waals surface area contributed by atoms with Crippen molar-refractivity contribution in [3.63, 3.8) is 0 Å². The van der Waals surface area contributed by atoms with Gasteiger partial charge < -0.3 is 28.9 Å². The predicted octanol–water partition coefficient (Wildman–Crippen LogP) is 7.15. The number of pyridine rings is 2. The summed E-state index contributed by atoms with van der Waals surface area (Å²) in [6.45, 7) is 14.9. The van der Waals surface area contributed by atoms with Crippen LogP contribution in [0.2, 0.25) is 0 Å². The molecule has 2 saturated heterocycles. The smallest absolute Gasteiger partial charge is 0.435 e. The van der Waals surface area contributed by atoms with E-state index in [1.165, 1.54) is 24.1 Å². The summed E-state index contributed by atoms with van der Waals surface area (Å²) in [6.07, 6.45) is 0.542. The highest BCUT2D eigenvalue weighted by atomic mass is 19.4. The van der Waals surface area contributed by atoms with Gasteiger partial charge in [-0.1, -0.05) is 30.9 Å². The van der Waals surface area contributed by atoms with E-state index in [0.29, 0.717) is 43.9 Å². The molecule has 3 aliphatic heterocycles. The molecule has 2 fully saturated rings. The highest BCUT2D eigenvalue weighted by Crippen LogP contribution is 2.45. The van der Waals surface area contributed by atoms with Crippen LogP contribution in [0, 0.1) is 0 Å². The van der Waals surface area contributed by atoms with Crippen LogP contribution in [0.25, 0.3) is 5.57 Å². The van der Waals surface area contributed by atoms with Crippen LogP contribution in [0.3, 0.4) is 0 Å². The average molecular weight is 684 g/mol. The van der Waals surface area contributed by atoms with Crippen molar-refractivity contribution in [3.05, 3.63) is 77.3 Å². The predicted molar refractivity (Wildman–Crippen MR) is 179 cm³/mol. The second kappa shape index (κ2) is 13.8. The molecule has 2 aromatic rings. The molecule has 0 aromatic carbocycles. The molecular weight excluding hydrogens is 639 g/mol. The van der Waals surface area contributed by atoms with Gasteiger partial charge in [-0.2, -0.15) is 13.2 Å². The first-order chi connectivity index (χ1) is 23.0. The van der Waals surface area contributed by atoms with Gasteiger partial charge in [-0.15, -0.1) is 0 Å². The zero-order chi connectivity index (χ0) is 35.7. The number of amides is 2. The Morgan fingerprint density at radius 1 is 1.02 bits per heavy atom. The number of carbonyl (C=O) groups excluding carboxylic acids is 2. The summed E-state index contributed by atoms with van der Waals surface area (Å²) in [5.74, 6) is -0.111. The van der Waals surface area contributed by atoms with E-state index in [1.54, 1.807) is 30.6 Å². The third-order valence-corrected chi connectivity index (χ3v) is 8.98. The molecule has 0 atom stereocenters. The topological polar surface area (TPSA) is 97.3 Å². The Balaban J connectivity index is 1.41. The van der Waals surface area contributed by atoms with Crippen molar-refractivity contribution in [1.29, 1.82) is 0 Å². The molecule has 0 bridgehead atoms. The molecule has 0 radical (unpaired) electrons. The van der Waals surface area contributed by atoms with Gasteiger partial charge in [-0.25, -0.2) is 14.6 Å². The Morgan fingerprint density at radius 3 is 2.31 bits per heavy atom. The van der Waals surface area contributed by atoms with Crippen LogP contribution in [0.1, 0.15) is 70.1 Å². The fraction of sp³-hybridized carbons (Fsp3) is 0.500. The number of nitrogens with zero attached hydrogens (tertiary/aromatic N) is 5. The highest BCUT2D eigenvalue weighted by Gasteiger charge is 2.47. The van der Waals surface area contributed by atoms with Gasteiger partial charge >= 0.3 is 18.4 Å². The van der Waals surface area contributed by atoms with Crippen LogP contribution in [-0.4, -0.2) is 83.5 Å². The van der Waals surface area contributed by atoms with E-state index in [0.717, 1.165) is 16.7 Å². The number of fused-ring (bicyclic) bond motifs is 2. The highest BCUT2D eigenvalue weighted by molar-refractivity contribution is 5.77. The third-order valence-electron chi connectivity index (χ3n) is 8.98. The molecular formula is C36H44F3N5O5. The van der Waals surface area contributed by atoms with Crippen molar-refractivity contribution in [3.8, 4) is 5.88 Å². The summed E-state index contributed by atoms with van der Waals surface area (Å²) in [6, 6.07) is 6.80. The summed E-state index contributed by atoms with van der Waals surface area (Å²) in [5, 5.41) is 0. The van der Waals surface area contributed by atoms with E-state index in [1.807, 2.05) is 44.2 Å². The summed E-state index contributed by atoms with van der Waals surface area (Å²) in [7, 11) is 1.28. The van der Waals surface area contributed by atoms with Gasteiger partial charge in [0.15, 0.2) is 5.69 Å². The number of methoxy groups -OCH3 is 1. The fourth-order valence-electron chi connectivity index (χ4n) is 6.53. The Labute approximate surface area is 285 Å². The summed E-state index contributed by atoms with van der Waals surface area (Å²) < 4.78 is 58.4. The molecule has 10 nitrogen and oxygen atoms in total. The quantitative estimate of drug-likeness (QED) is 0.297. The molecule has 5 rings (SSSR count). The SMILES string of the molecule is C=C(C)/C(=C\C=C/C)c1ccc2c(n1)CN(C(=O)OC1CN(C(=O)OC(C)(C)C)C1)CC21CCN(c2ccc(OC)nc2C(F)(F)F)CC1. The number of aromatic nitrogens is 2. The van der Waals surface area contributed by atoms with Gasteiger partial charge in [0.1, 0.15) is 11.7 Å². The van der Waals surface area contributed by atoms with Crippen molar-refractivity contribution in [2.24, 2.45) is 0 Å². The maximum atomic E-state index is 14.1. The van der Waals surface area contributed by atoms with Gasteiger partial charge in [0.05, 0.1) is 43.8 Å². The zero-order valence-electron chi connectivity index (χ0n) is 28.9. The number of piperidine rings is 1. The van der Waals surface area contributed by atoms with Crippen LogP contribution in [0.4, 0.5) is 28.4 Å². The first kappa shape index (κ1) is 35.7. The maximum absolute atomic E-state index is 14.1. The molecule has 264 valence electrons. The summed E-state index contributed by atoms with van der Waals surface area (Å²) >= 11 is 0. The Kier molecular flexibility index (Phi) is 10.0. The van der Waals surface area contributed by atoms with Crippen molar-refractivity contribution in [2.45, 2.75) is 77.3 Å². The number of ether oxygens (including phenoxy) is 3. The molecule has 1 spiro atoms. The standard InChI is InChI=1S/C36H44F3N5O5/c1-8-9-10-25(23(2)3)27-12-11-26-28(40-27)21-44(32(45)48-24-19-43(20-24)33(46)49-34(4,5)6)22-35(26)15-17-42(18-16-35)29-13-14-30(47-7)41-31(29)36(37,38)39/h8-14,24H,2,15-22H2,1,3-7H3/b9-8-,25-10+. The number of halogens is 3. The van der Waals surface area contributed by atoms with E-state index < -0.39 is 41.2 Å². The average Bonchev–Trinajstić information content (AvgIpc) is 3.01. The van der Waals surface area contributed by atoms with Crippen LogP contribution >= 0.6 is 0 Å². The molecule has 0 saturated carbocycles. The lowest BCUT2D eigenvalue weighted by Gasteiger charge is -2.49. The lowest BCUT2D eigenvalue weighted by molar-refractivity contribution is -0.140. The van der Waals surface area contributed by atoms with E-state index in [9.17, 15) is 22.8 Å². The first-order valence-electron chi connectivity index (χ1n) is 16.3. The number of anilines is 1. The zero-order valence-corrected chi connectivity index (χ0v) is 28.9. The summed E-state index contributed by atoms with van der Waals surface area (Å²) in [5.41, 5.74) is 1.84. The first-order valence-corrected chi connectivity index (χ1v) is 16.3. The van der Waals surface area contributed by atoms with Gasteiger partial charge in [0.2, 0.25) is 5.88 Å². The molecule has 49 heavy (non-hydrogen) atoms. The van der Waals surface area contributed by atoms with E-state index in [2.05, 4.69) is 11.6 Å². The van der Waals surface area contributed by atoms with E-state index >= 15 is 0 Å². The number of carbonyl (C=O) groups is 2. The molecule has 0 unspecified atom stereocenters. The minimum absolute atomic E-state index is 0.0105. The van der Waals surface area contributed by atoms with Crippen LogP contribution in [0.5, 0.6) is 5.88 Å². The number of rotatable bonds is 6. The molecule has 5 heterocycles. The summed E-state index contributed by atoms with van der Waals surface area (Å²) in [4.78, 5) is 39.6. The molecule has 0 N–H and O–H groups in total. The Hall–Kier alpha value is -4.55. The van der Waals surface area contributed by atoms with E-state index in [4.69, 9.17) is 19.2 Å². The number of hydrogen-bond acceptors (Lipinski definition) is 8. The molecule has 0 aliphatic carbocycles. The monoisotopic (exact) mass is 683 g/mol. The number of hydrogen-bond donors (Lipinski definition) is 0. The lowest BCUT2D eigenvalue weighted by atomic mass is 9.69. The lowest BCUT2D eigenvalue weighted by Crippen LogP contribution is -2.58. The fourth-order valence-corrected chi connectivity index (χ4v) is 6.53. The molecule has 13 heteroatoms. The van der Waals surface area contributed by atoms with Gasteiger partial charge in [-0.05, 0) is 70.7 Å². The minimum Gasteiger partial charge on any atom is -0.481 e. The van der Waals surface area contributed by atoms with Crippen molar-refractivity contribution >= 4 is 23.4 Å². The van der Waals surface area contributed by atoms with Crippen molar-refractivity contribution in [2.75, 3.05) is 44.7 Å². The van der Waals surface area contributed by atoms with Crippen LogP contribution < -0.4 is 9.64 Å². The number of allylic oxidation sites excluding steroid dienone is 5. The van der Waals surface area contributed by atoms with Gasteiger partial charge in [-0.3, -0.25) is 4.98 Å². The molecule has 2 amide bonds. The van der Waals surface area contributed by atoms with Crippen LogP contribution in [-0.2, 0) is 27.6 Å². The van der Waals surface area contributed by atoms with E-state index in [-0.39, 0.29) is 31.2 Å². The minimum atomic E-state index is -4.67. The van der Waals surface area contributed by atoms with Crippen molar-refractivity contribution < 1.29 is 37.0 Å². The number of alkyl halides is 3. The second-order valence-electron chi connectivity index (χ2n) is 13.8. The largest absolute Gasteiger partial charge is 0.481 e. The Morgan fingerprint density at radius 2 is 1.71 bits per heavy atom. The third kappa shape index (κ3) is 7.86. The number of likely N-dealkylation sites (tertiary alicyclic amines) is 1. The molecule has 3 aliphatic rings.